The number of aryl methyl sites for hydroxylation is 2. The van der Waals surface area contributed by atoms with Crippen molar-refractivity contribution in [2.24, 2.45) is 0 Å². The van der Waals surface area contributed by atoms with Gasteiger partial charge in [0.15, 0.2) is 5.16 Å². The molecule has 1 aliphatic rings. The SMILES string of the molecule is Cc1ccccc1-n1c(C)nnc1SC(C(=O)NC1CC1)c1ccc(F)cc1. The van der Waals surface area contributed by atoms with Crippen LogP contribution in [-0.4, -0.2) is 26.7 Å². The smallest absolute Gasteiger partial charge is 0.238 e. The van der Waals surface area contributed by atoms with Gasteiger partial charge in [0.1, 0.15) is 16.9 Å². The summed E-state index contributed by atoms with van der Waals surface area (Å²) in [5.74, 6) is 0.336. The lowest BCUT2D eigenvalue weighted by molar-refractivity contribution is -0.120. The zero-order valence-corrected chi connectivity index (χ0v) is 16.5. The summed E-state index contributed by atoms with van der Waals surface area (Å²) >= 11 is 1.33. The number of amides is 1. The Morgan fingerprint density at radius 1 is 1.14 bits per heavy atom. The van der Waals surface area contributed by atoms with Crippen LogP contribution in [0.25, 0.3) is 5.69 Å². The highest BCUT2D eigenvalue weighted by atomic mass is 32.2. The number of nitrogens with one attached hydrogen (secondary N) is 1. The van der Waals surface area contributed by atoms with Crippen LogP contribution in [0.5, 0.6) is 0 Å². The van der Waals surface area contributed by atoms with E-state index in [2.05, 4.69) is 15.5 Å². The highest BCUT2D eigenvalue weighted by molar-refractivity contribution is 8.00. The summed E-state index contributed by atoms with van der Waals surface area (Å²) < 4.78 is 15.4. The lowest BCUT2D eigenvalue weighted by Gasteiger charge is -2.18. The summed E-state index contributed by atoms with van der Waals surface area (Å²) in [5, 5.41) is 11.7. The third-order valence-corrected chi connectivity index (χ3v) is 5.91. The maximum absolute atomic E-state index is 13.4. The van der Waals surface area contributed by atoms with Crippen molar-refractivity contribution < 1.29 is 9.18 Å². The second-order valence-electron chi connectivity index (χ2n) is 6.98. The summed E-state index contributed by atoms with van der Waals surface area (Å²) in [7, 11) is 0. The first-order valence-electron chi connectivity index (χ1n) is 9.23. The van der Waals surface area contributed by atoms with Gasteiger partial charge >= 0.3 is 0 Å². The molecule has 0 saturated heterocycles. The van der Waals surface area contributed by atoms with E-state index in [0.29, 0.717) is 5.16 Å². The molecule has 0 aliphatic heterocycles. The second kappa shape index (κ2) is 7.75. The van der Waals surface area contributed by atoms with Crippen molar-refractivity contribution in [1.29, 1.82) is 0 Å². The van der Waals surface area contributed by atoms with Gasteiger partial charge < -0.3 is 5.32 Å². The Bertz CT molecular complexity index is 998. The second-order valence-corrected chi connectivity index (χ2v) is 8.06. The van der Waals surface area contributed by atoms with E-state index >= 15 is 0 Å². The van der Waals surface area contributed by atoms with Gasteiger partial charge in [0, 0.05) is 6.04 Å². The minimum Gasteiger partial charge on any atom is -0.352 e. The third-order valence-electron chi connectivity index (χ3n) is 4.71. The maximum atomic E-state index is 13.4. The number of hydrogen-bond donors (Lipinski definition) is 1. The topological polar surface area (TPSA) is 59.8 Å². The Hall–Kier alpha value is -2.67. The zero-order chi connectivity index (χ0) is 19.7. The van der Waals surface area contributed by atoms with E-state index in [0.717, 1.165) is 35.5 Å². The molecule has 0 radical (unpaired) electrons. The summed E-state index contributed by atoms with van der Waals surface area (Å²) in [5.41, 5.74) is 2.81. The molecule has 2 aromatic carbocycles. The standard InChI is InChI=1S/C21H21FN4OS/c1-13-5-3-4-6-18(13)26-14(2)24-25-21(26)28-19(20(27)23-17-11-12-17)15-7-9-16(22)10-8-15/h3-10,17,19H,11-12H2,1-2H3,(H,23,27). The molecular weight excluding hydrogens is 375 g/mol. The molecule has 1 aromatic heterocycles. The first-order valence-corrected chi connectivity index (χ1v) is 10.1. The van der Waals surface area contributed by atoms with Gasteiger partial charge in [-0.15, -0.1) is 10.2 Å². The van der Waals surface area contributed by atoms with E-state index in [1.54, 1.807) is 12.1 Å². The maximum Gasteiger partial charge on any atom is 0.238 e. The van der Waals surface area contributed by atoms with Crippen molar-refractivity contribution in [2.75, 3.05) is 0 Å². The molecule has 1 aliphatic carbocycles. The molecule has 1 unspecified atom stereocenters. The number of rotatable bonds is 6. The number of thioether (sulfide) groups is 1. The Morgan fingerprint density at radius 2 is 1.86 bits per heavy atom. The van der Waals surface area contributed by atoms with Crippen molar-refractivity contribution in [3.8, 4) is 5.69 Å². The molecule has 5 nitrogen and oxygen atoms in total. The van der Waals surface area contributed by atoms with Crippen molar-refractivity contribution in [3.05, 3.63) is 71.3 Å². The fourth-order valence-corrected chi connectivity index (χ4v) is 4.13. The van der Waals surface area contributed by atoms with Gasteiger partial charge in [-0.05, 0) is 56.0 Å². The molecule has 0 bridgehead atoms. The van der Waals surface area contributed by atoms with Gasteiger partial charge in [0.25, 0.3) is 0 Å². The molecule has 1 amide bonds. The lowest BCUT2D eigenvalue weighted by atomic mass is 10.1. The Balaban J connectivity index is 1.70. The van der Waals surface area contributed by atoms with Crippen molar-refractivity contribution in [3.63, 3.8) is 0 Å². The van der Waals surface area contributed by atoms with Gasteiger partial charge in [-0.3, -0.25) is 9.36 Å². The molecule has 1 fully saturated rings. The third kappa shape index (κ3) is 3.94. The number of carbonyl (C=O) groups excluding carboxylic acids is 1. The largest absolute Gasteiger partial charge is 0.352 e. The van der Waals surface area contributed by atoms with E-state index in [-0.39, 0.29) is 17.8 Å². The summed E-state index contributed by atoms with van der Waals surface area (Å²) in [4.78, 5) is 12.9. The number of aromatic nitrogens is 3. The van der Waals surface area contributed by atoms with E-state index < -0.39 is 5.25 Å². The van der Waals surface area contributed by atoms with Crippen LogP contribution in [-0.2, 0) is 4.79 Å². The molecular formula is C21H21FN4OS. The fraction of sp³-hybridized carbons (Fsp3) is 0.286. The number of para-hydroxylation sites is 1. The van der Waals surface area contributed by atoms with Crippen LogP contribution in [0, 0.1) is 19.7 Å². The Kier molecular flexibility index (Phi) is 5.17. The lowest BCUT2D eigenvalue weighted by Crippen LogP contribution is -2.30. The van der Waals surface area contributed by atoms with Crippen molar-refractivity contribution in [1.82, 2.24) is 20.1 Å². The van der Waals surface area contributed by atoms with E-state index in [1.165, 1.54) is 23.9 Å². The summed E-state index contributed by atoms with van der Waals surface area (Å²) in [6.07, 6.45) is 2.01. The molecule has 0 spiro atoms. The van der Waals surface area contributed by atoms with E-state index in [4.69, 9.17) is 0 Å². The molecule has 1 heterocycles. The number of hydrogen-bond acceptors (Lipinski definition) is 4. The molecule has 1 saturated carbocycles. The highest BCUT2D eigenvalue weighted by Crippen LogP contribution is 2.37. The van der Waals surface area contributed by atoms with Gasteiger partial charge in [0.05, 0.1) is 5.69 Å². The summed E-state index contributed by atoms with van der Waals surface area (Å²) in [6, 6.07) is 14.3. The number of halogens is 1. The number of carbonyl (C=O) groups is 1. The minimum absolute atomic E-state index is 0.0869. The van der Waals surface area contributed by atoms with Crippen molar-refractivity contribution >= 4 is 17.7 Å². The van der Waals surface area contributed by atoms with Crippen LogP contribution in [0.2, 0.25) is 0 Å². The normalized spacial score (nSPS) is 14.7. The van der Waals surface area contributed by atoms with Crippen LogP contribution in [0.4, 0.5) is 4.39 Å². The van der Waals surface area contributed by atoms with Gasteiger partial charge in [0.2, 0.25) is 5.91 Å². The zero-order valence-electron chi connectivity index (χ0n) is 15.7. The highest BCUT2D eigenvalue weighted by Gasteiger charge is 2.30. The van der Waals surface area contributed by atoms with Crippen LogP contribution < -0.4 is 5.32 Å². The van der Waals surface area contributed by atoms with Crippen LogP contribution >= 0.6 is 11.8 Å². The molecule has 28 heavy (non-hydrogen) atoms. The quantitative estimate of drug-likeness (QED) is 0.637. The minimum atomic E-state index is -0.535. The first kappa shape index (κ1) is 18.7. The average Bonchev–Trinajstić information content (AvgIpc) is 3.42. The summed E-state index contributed by atoms with van der Waals surface area (Å²) in [6.45, 7) is 3.92. The molecule has 1 N–H and O–H groups in total. The van der Waals surface area contributed by atoms with Crippen molar-refractivity contribution in [2.45, 2.75) is 43.1 Å². The predicted octanol–water partition coefficient (Wildman–Crippen LogP) is 4.14. The van der Waals surface area contributed by atoms with E-state index in [9.17, 15) is 9.18 Å². The molecule has 7 heteroatoms. The molecule has 3 aromatic rings. The number of benzene rings is 2. The van der Waals surface area contributed by atoms with Gasteiger partial charge in [-0.2, -0.15) is 0 Å². The first-order chi connectivity index (χ1) is 13.5. The fourth-order valence-electron chi connectivity index (χ4n) is 3.03. The average molecular weight is 396 g/mol. The molecule has 144 valence electrons. The van der Waals surface area contributed by atoms with Crippen LogP contribution in [0.15, 0.2) is 53.7 Å². The number of nitrogens with zero attached hydrogens (tertiary/aromatic N) is 3. The van der Waals surface area contributed by atoms with Crippen LogP contribution in [0.1, 0.15) is 35.0 Å². The van der Waals surface area contributed by atoms with Gasteiger partial charge in [-0.25, -0.2) is 4.39 Å². The molecule has 1 atom stereocenters. The predicted molar refractivity (Wildman–Crippen MR) is 107 cm³/mol. The monoisotopic (exact) mass is 396 g/mol. The van der Waals surface area contributed by atoms with Crippen LogP contribution in [0.3, 0.4) is 0 Å². The molecule has 4 rings (SSSR count). The van der Waals surface area contributed by atoms with E-state index in [1.807, 2.05) is 42.7 Å². The van der Waals surface area contributed by atoms with Gasteiger partial charge in [-0.1, -0.05) is 42.1 Å². The Labute approximate surface area is 167 Å². The Morgan fingerprint density at radius 3 is 2.54 bits per heavy atom.